The van der Waals surface area contributed by atoms with E-state index in [0.717, 1.165) is 12.2 Å². The molecule has 2 nitrogen and oxygen atoms in total. The molecule has 0 aromatic heterocycles. The number of nitrogens with one attached hydrogen (secondary N) is 1. The Morgan fingerprint density at radius 2 is 1.85 bits per heavy atom. The Labute approximate surface area is 121 Å². The average molecular weight is 269 g/mol. The molecule has 0 aliphatic carbocycles. The van der Waals surface area contributed by atoms with Gasteiger partial charge in [-0.05, 0) is 61.7 Å². The molecule has 2 heteroatoms. The van der Waals surface area contributed by atoms with Crippen LogP contribution in [0.3, 0.4) is 0 Å². The lowest BCUT2D eigenvalue weighted by Gasteiger charge is -2.18. The topological polar surface area (TPSA) is 21.3 Å². The third-order valence-electron chi connectivity index (χ3n) is 3.86. The van der Waals surface area contributed by atoms with Gasteiger partial charge in [0.15, 0.2) is 0 Å². The van der Waals surface area contributed by atoms with Crippen molar-refractivity contribution >= 4 is 0 Å². The smallest absolute Gasteiger partial charge is 0.119 e. The molecule has 1 unspecified atom stereocenters. The molecule has 2 aromatic carbocycles. The molecule has 0 radical (unpaired) electrons. The van der Waals surface area contributed by atoms with Crippen LogP contribution in [0, 0.1) is 13.8 Å². The molecule has 20 heavy (non-hydrogen) atoms. The van der Waals surface area contributed by atoms with Gasteiger partial charge in [-0.1, -0.05) is 30.3 Å². The molecule has 0 spiro atoms. The first-order valence-electron chi connectivity index (χ1n) is 7.01. The molecule has 0 heterocycles. The molecule has 0 aliphatic heterocycles. The van der Waals surface area contributed by atoms with E-state index in [1.165, 1.54) is 22.3 Å². The Hall–Kier alpha value is -1.80. The van der Waals surface area contributed by atoms with Gasteiger partial charge >= 0.3 is 0 Å². The number of rotatable bonds is 5. The second kappa shape index (κ2) is 6.58. The van der Waals surface area contributed by atoms with E-state index < -0.39 is 0 Å². The summed E-state index contributed by atoms with van der Waals surface area (Å²) < 4.78 is 5.31. The molecule has 106 valence electrons. The normalized spacial score (nSPS) is 12.2. The number of hydrogen-bond donors (Lipinski definition) is 1. The number of methoxy groups -OCH3 is 1. The van der Waals surface area contributed by atoms with Crippen molar-refractivity contribution in [3.8, 4) is 5.75 Å². The second-order valence-electron chi connectivity index (χ2n) is 5.24. The van der Waals surface area contributed by atoms with E-state index >= 15 is 0 Å². The molecular formula is C18H23NO. The van der Waals surface area contributed by atoms with E-state index in [1.807, 2.05) is 19.2 Å². The van der Waals surface area contributed by atoms with Crippen LogP contribution in [-0.2, 0) is 6.42 Å². The second-order valence-corrected chi connectivity index (χ2v) is 5.24. The summed E-state index contributed by atoms with van der Waals surface area (Å²) in [5.74, 6) is 0.905. The van der Waals surface area contributed by atoms with Crippen molar-refractivity contribution < 1.29 is 4.74 Å². The van der Waals surface area contributed by atoms with E-state index in [-0.39, 0.29) is 0 Å². The van der Waals surface area contributed by atoms with E-state index in [9.17, 15) is 0 Å². The summed E-state index contributed by atoms with van der Waals surface area (Å²) in [7, 11) is 3.71. The van der Waals surface area contributed by atoms with Crippen molar-refractivity contribution in [1.29, 1.82) is 0 Å². The lowest BCUT2D eigenvalue weighted by Crippen LogP contribution is -2.19. The number of hydrogen-bond acceptors (Lipinski definition) is 2. The fraction of sp³-hybridized carbons (Fsp3) is 0.333. The minimum Gasteiger partial charge on any atom is -0.497 e. The van der Waals surface area contributed by atoms with Gasteiger partial charge in [-0.2, -0.15) is 0 Å². The standard InChI is InChI=1S/C18H23NO/c1-13-8-9-15(10-14(13)2)11-18(19-3)16-6-5-7-17(12-16)20-4/h5-10,12,18-19H,11H2,1-4H3. The summed E-state index contributed by atoms with van der Waals surface area (Å²) in [6.45, 7) is 4.31. The molecule has 0 amide bonds. The van der Waals surface area contributed by atoms with Crippen LogP contribution in [0.4, 0.5) is 0 Å². The number of likely N-dealkylation sites (N-methyl/N-ethyl adjacent to an activating group) is 1. The molecule has 1 N–H and O–H groups in total. The van der Waals surface area contributed by atoms with Crippen molar-refractivity contribution in [2.75, 3.05) is 14.2 Å². The van der Waals surface area contributed by atoms with E-state index in [4.69, 9.17) is 4.74 Å². The van der Waals surface area contributed by atoms with Gasteiger partial charge in [0.2, 0.25) is 0 Å². The Bertz CT molecular complexity index is 577. The van der Waals surface area contributed by atoms with Gasteiger partial charge in [-0.25, -0.2) is 0 Å². The van der Waals surface area contributed by atoms with Crippen molar-refractivity contribution in [2.45, 2.75) is 26.3 Å². The minimum absolute atomic E-state index is 0.298. The summed E-state index contributed by atoms with van der Waals surface area (Å²) in [5.41, 5.74) is 5.31. The maximum absolute atomic E-state index is 5.31. The highest BCUT2D eigenvalue weighted by Gasteiger charge is 2.11. The third-order valence-corrected chi connectivity index (χ3v) is 3.86. The number of ether oxygens (including phenoxy) is 1. The van der Waals surface area contributed by atoms with E-state index in [2.05, 4.69) is 49.5 Å². The maximum atomic E-state index is 5.31. The first kappa shape index (κ1) is 14.6. The zero-order valence-electron chi connectivity index (χ0n) is 12.7. The fourth-order valence-corrected chi connectivity index (χ4v) is 2.41. The van der Waals surface area contributed by atoms with Crippen molar-refractivity contribution in [1.82, 2.24) is 5.32 Å². The molecular weight excluding hydrogens is 246 g/mol. The van der Waals surface area contributed by atoms with Gasteiger partial charge in [0, 0.05) is 6.04 Å². The van der Waals surface area contributed by atoms with Crippen molar-refractivity contribution in [3.05, 3.63) is 64.7 Å². The molecule has 0 aliphatic rings. The Balaban J connectivity index is 2.21. The molecule has 1 atom stereocenters. The molecule has 0 fully saturated rings. The van der Waals surface area contributed by atoms with Crippen LogP contribution in [0.25, 0.3) is 0 Å². The fourth-order valence-electron chi connectivity index (χ4n) is 2.41. The summed E-state index contributed by atoms with van der Waals surface area (Å²) in [6.07, 6.45) is 0.977. The van der Waals surface area contributed by atoms with Crippen molar-refractivity contribution in [3.63, 3.8) is 0 Å². The van der Waals surface area contributed by atoms with Crippen LogP contribution in [0.2, 0.25) is 0 Å². The molecule has 2 rings (SSSR count). The van der Waals surface area contributed by atoms with Gasteiger partial charge in [0.1, 0.15) is 5.75 Å². The Kier molecular flexibility index (Phi) is 4.80. The molecule has 0 saturated heterocycles. The quantitative estimate of drug-likeness (QED) is 0.891. The van der Waals surface area contributed by atoms with Gasteiger partial charge < -0.3 is 10.1 Å². The van der Waals surface area contributed by atoms with Crippen LogP contribution >= 0.6 is 0 Å². The lowest BCUT2D eigenvalue weighted by atomic mass is 9.96. The first-order valence-corrected chi connectivity index (χ1v) is 7.01. The highest BCUT2D eigenvalue weighted by molar-refractivity contribution is 5.34. The first-order chi connectivity index (χ1) is 9.63. The lowest BCUT2D eigenvalue weighted by molar-refractivity contribution is 0.413. The number of aryl methyl sites for hydroxylation is 2. The SMILES string of the molecule is CNC(Cc1ccc(C)c(C)c1)c1cccc(OC)c1. The van der Waals surface area contributed by atoms with Crippen LogP contribution < -0.4 is 10.1 Å². The van der Waals surface area contributed by atoms with Crippen molar-refractivity contribution in [2.24, 2.45) is 0 Å². The van der Waals surface area contributed by atoms with Gasteiger partial charge in [-0.3, -0.25) is 0 Å². The largest absolute Gasteiger partial charge is 0.497 e. The summed E-state index contributed by atoms with van der Waals surface area (Å²) in [6, 6.07) is 15.3. The van der Waals surface area contributed by atoms with Gasteiger partial charge in [0.05, 0.1) is 7.11 Å². The monoisotopic (exact) mass is 269 g/mol. The zero-order chi connectivity index (χ0) is 14.5. The minimum atomic E-state index is 0.298. The highest BCUT2D eigenvalue weighted by Crippen LogP contribution is 2.23. The Morgan fingerprint density at radius 3 is 2.50 bits per heavy atom. The predicted molar refractivity (Wildman–Crippen MR) is 84.4 cm³/mol. The zero-order valence-corrected chi connectivity index (χ0v) is 12.7. The van der Waals surface area contributed by atoms with E-state index in [0.29, 0.717) is 6.04 Å². The summed E-state index contributed by atoms with van der Waals surface area (Å²) in [4.78, 5) is 0. The highest BCUT2D eigenvalue weighted by atomic mass is 16.5. The van der Waals surface area contributed by atoms with E-state index in [1.54, 1.807) is 7.11 Å². The van der Waals surface area contributed by atoms with Crippen LogP contribution in [0.5, 0.6) is 5.75 Å². The van der Waals surface area contributed by atoms with Crippen LogP contribution in [-0.4, -0.2) is 14.2 Å². The summed E-state index contributed by atoms with van der Waals surface area (Å²) >= 11 is 0. The molecule has 2 aromatic rings. The Morgan fingerprint density at radius 1 is 1.05 bits per heavy atom. The van der Waals surface area contributed by atoms with Gasteiger partial charge in [0.25, 0.3) is 0 Å². The molecule has 0 saturated carbocycles. The number of benzene rings is 2. The molecule has 0 bridgehead atoms. The van der Waals surface area contributed by atoms with Crippen LogP contribution in [0.15, 0.2) is 42.5 Å². The van der Waals surface area contributed by atoms with Gasteiger partial charge in [-0.15, -0.1) is 0 Å². The average Bonchev–Trinajstić information content (AvgIpc) is 2.48. The maximum Gasteiger partial charge on any atom is 0.119 e. The predicted octanol–water partition coefficient (Wildman–Crippen LogP) is 3.82. The third kappa shape index (κ3) is 3.40. The summed E-state index contributed by atoms with van der Waals surface area (Å²) in [5, 5.41) is 3.40. The van der Waals surface area contributed by atoms with Crippen LogP contribution in [0.1, 0.15) is 28.3 Å².